The summed E-state index contributed by atoms with van der Waals surface area (Å²) < 4.78 is 40.7. The Morgan fingerprint density at radius 1 is 0.905 bits per heavy atom. The molecule has 4 aromatic rings. The molecule has 1 saturated carbocycles. The van der Waals surface area contributed by atoms with Crippen molar-refractivity contribution in [3.05, 3.63) is 131 Å². The molecule has 3 aromatic carbocycles. The summed E-state index contributed by atoms with van der Waals surface area (Å²) in [5, 5.41) is 35.8. The number of hydrogen-bond acceptors (Lipinski definition) is 12. The van der Waals surface area contributed by atoms with Gasteiger partial charge in [-0.15, -0.1) is 0 Å². The third-order valence-corrected chi connectivity index (χ3v) is 13.1. The molecule has 2 aliphatic carbocycles. The van der Waals surface area contributed by atoms with E-state index in [1.165, 1.54) is 31.1 Å². The zero-order chi connectivity index (χ0) is 45.8. The van der Waals surface area contributed by atoms with E-state index < -0.39 is 108 Å². The van der Waals surface area contributed by atoms with Crippen molar-refractivity contribution < 1.29 is 47.3 Å². The smallest absolute Gasteiger partial charge is 0.417 e. The summed E-state index contributed by atoms with van der Waals surface area (Å²) in [4.78, 5) is 88.2. The highest BCUT2D eigenvalue weighted by atomic mass is 35.5. The van der Waals surface area contributed by atoms with Crippen LogP contribution in [0.2, 0.25) is 10.0 Å². The van der Waals surface area contributed by atoms with Crippen molar-refractivity contribution in [1.29, 1.82) is 0 Å². The van der Waals surface area contributed by atoms with Crippen molar-refractivity contribution in [2.75, 3.05) is 29.3 Å². The highest BCUT2D eigenvalue weighted by molar-refractivity contribution is 6.33. The van der Waals surface area contributed by atoms with Gasteiger partial charge in [0, 0.05) is 43.4 Å². The quantitative estimate of drug-likeness (QED) is 0.0751. The largest absolute Gasteiger partial charge is 0.507 e. The number of nitro benzene ring substituents is 2. The monoisotopic (exact) mass is 907 g/mol. The first kappa shape index (κ1) is 43.1. The number of rotatable bonds is 8. The lowest BCUT2D eigenvalue weighted by atomic mass is 9.49. The Morgan fingerprint density at radius 3 is 2.05 bits per heavy atom. The van der Waals surface area contributed by atoms with Gasteiger partial charge in [-0.05, 0) is 73.1 Å². The van der Waals surface area contributed by atoms with Crippen molar-refractivity contribution in [3.8, 4) is 5.75 Å². The van der Waals surface area contributed by atoms with Crippen LogP contribution in [0.1, 0.15) is 46.6 Å². The van der Waals surface area contributed by atoms with E-state index in [2.05, 4.69) is 10.4 Å². The van der Waals surface area contributed by atoms with E-state index in [4.69, 9.17) is 23.2 Å². The van der Waals surface area contributed by atoms with Gasteiger partial charge in [-0.2, -0.15) is 18.2 Å². The summed E-state index contributed by atoms with van der Waals surface area (Å²) in [7, 11) is 2.73. The van der Waals surface area contributed by atoms with Gasteiger partial charge < -0.3 is 10.0 Å². The number of allylic oxidation sites excluding steroid dienone is 2. The number of carbonyl (C=O) groups is 4. The molecule has 3 heterocycles. The third-order valence-electron chi connectivity index (χ3n) is 12.6. The molecule has 2 saturated heterocycles. The zero-order valence-corrected chi connectivity index (χ0v) is 34.9. The molecule has 1 aromatic heterocycles. The Kier molecular flexibility index (Phi) is 10.3. The summed E-state index contributed by atoms with van der Waals surface area (Å²) in [6.45, 7) is 3.27. The maximum Gasteiger partial charge on any atom is 0.417 e. The zero-order valence-electron chi connectivity index (χ0n) is 33.4. The van der Waals surface area contributed by atoms with Gasteiger partial charge in [0.15, 0.2) is 11.5 Å². The predicted molar refractivity (Wildman–Crippen MR) is 221 cm³/mol. The molecule has 21 heteroatoms. The number of benzene rings is 3. The molecule has 3 fully saturated rings. The van der Waals surface area contributed by atoms with Crippen LogP contribution < -0.4 is 15.2 Å². The van der Waals surface area contributed by atoms with Gasteiger partial charge in [-0.3, -0.25) is 44.8 Å². The number of aromatic hydroxyl groups is 1. The van der Waals surface area contributed by atoms with Gasteiger partial charge in [-0.1, -0.05) is 59.1 Å². The summed E-state index contributed by atoms with van der Waals surface area (Å²) in [6, 6.07) is 11.9. The number of nitrogens with zero attached hydrogens (tertiary/aromatic N) is 6. The van der Waals surface area contributed by atoms with Crippen molar-refractivity contribution in [2.24, 2.45) is 23.7 Å². The number of nitrogens with one attached hydrogen (secondary N) is 1. The number of halogens is 5. The van der Waals surface area contributed by atoms with Crippen LogP contribution >= 0.6 is 23.2 Å². The standard InChI is InChI=1S/C42H34Cl2F3N7O9/c1-18-11-20(12-19(2)35(18)55)33-25-9-10-26-32(39(58)51(37(26)56)24-14-30(53(60)61)34(50(3)4)31(15-24)54(62)63)27(25)16-28-38(57)52(40(59)41(28,33)21-5-7-23(43)8-6-21)49-36-29(44)13-22(17-48-36)42(45,46)47/h5-9,11-15,17,26-28,32-33,55H,10,16H2,1-4H3,(H,48,49). The Morgan fingerprint density at radius 2 is 1.51 bits per heavy atom. The molecule has 2 aliphatic heterocycles. The van der Waals surface area contributed by atoms with Crippen molar-refractivity contribution in [1.82, 2.24) is 9.99 Å². The van der Waals surface area contributed by atoms with E-state index in [-0.39, 0.29) is 29.3 Å². The third kappa shape index (κ3) is 6.54. The predicted octanol–water partition coefficient (Wildman–Crippen LogP) is 7.80. The molecule has 0 radical (unpaired) electrons. The molecule has 0 spiro atoms. The van der Waals surface area contributed by atoms with Crippen molar-refractivity contribution in [3.63, 3.8) is 0 Å². The summed E-state index contributed by atoms with van der Waals surface area (Å²) in [6.07, 6.45) is -2.94. The number of hydrazine groups is 1. The normalized spacial score (nSPS) is 24.2. The van der Waals surface area contributed by atoms with Crippen LogP contribution in [0.3, 0.4) is 0 Å². The molecule has 63 heavy (non-hydrogen) atoms. The summed E-state index contributed by atoms with van der Waals surface area (Å²) in [5.41, 5.74) is -0.697. The van der Waals surface area contributed by atoms with Crippen LogP contribution in [0.5, 0.6) is 5.75 Å². The Bertz CT molecular complexity index is 2690. The van der Waals surface area contributed by atoms with E-state index >= 15 is 9.59 Å². The first-order chi connectivity index (χ1) is 29.6. The van der Waals surface area contributed by atoms with E-state index in [0.717, 1.165) is 12.1 Å². The molecule has 6 atom stereocenters. The maximum atomic E-state index is 15.5. The molecule has 6 unspecified atom stereocenters. The number of imide groups is 2. The Labute approximate surface area is 365 Å². The number of alkyl halides is 3. The molecular weight excluding hydrogens is 874 g/mol. The second kappa shape index (κ2) is 15.0. The van der Waals surface area contributed by atoms with Gasteiger partial charge >= 0.3 is 17.6 Å². The number of carbonyl (C=O) groups excluding carboxylic acids is 4. The lowest BCUT2D eigenvalue weighted by Crippen LogP contribution is -2.53. The Hall–Kier alpha value is -6.60. The lowest BCUT2D eigenvalue weighted by molar-refractivity contribution is -0.392. The minimum absolute atomic E-state index is 0.0447. The number of hydrogen-bond donors (Lipinski definition) is 2. The van der Waals surface area contributed by atoms with Crippen LogP contribution in [0.4, 0.5) is 41.7 Å². The number of nitro groups is 2. The maximum absolute atomic E-state index is 15.5. The minimum Gasteiger partial charge on any atom is -0.507 e. The topological polar surface area (TPSA) is 209 Å². The number of phenols is 1. The molecule has 16 nitrogen and oxygen atoms in total. The van der Waals surface area contributed by atoms with Crippen LogP contribution in [0.25, 0.3) is 0 Å². The number of aromatic nitrogens is 1. The average Bonchev–Trinajstić information content (AvgIpc) is 3.60. The van der Waals surface area contributed by atoms with Crippen LogP contribution in [-0.4, -0.2) is 62.7 Å². The number of phenolic OH excluding ortho intramolecular Hbond substituents is 1. The molecular formula is C42H34Cl2F3N7O9. The van der Waals surface area contributed by atoms with Gasteiger partial charge in [0.1, 0.15) is 5.75 Å². The Balaban J connectivity index is 1.32. The van der Waals surface area contributed by atoms with Gasteiger partial charge in [0.05, 0.1) is 49.3 Å². The van der Waals surface area contributed by atoms with Gasteiger partial charge in [0.25, 0.3) is 11.8 Å². The minimum atomic E-state index is -4.81. The highest BCUT2D eigenvalue weighted by Gasteiger charge is 2.70. The molecule has 4 aliphatic rings. The van der Waals surface area contributed by atoms with E-state index in [1.807, 2.05) is 0 Å². The fourth-order valence-corrected chi connectivity index (χ4v) is 10.4. The van der Waals surface area contributed by atoms with Crippen LogP contribution in [0, 0.1) is 57.7 Å². The number of pyridine rings is 1. The number of anilines is 3. The molecule has 4 amide bonds. The highest BCUT2D eigenvalue weighted by Crippen LogP contribution is 2.64. The molecule has 326 valence electrons. The van der Waals surface area contributed by atoms with Crippen LogP contribution in [-0.2, 0) is 30.8 Å². The summed E-state index contributed by atoms with van der Waals surface area (Å²) in [5.74, 6) is -9.61. The first-order valence-electron chi connectivity index (χ1n) is 19.2. The van der Waals surface area contributed by atoms with Crippen molar-refractivity contribution >= 4 is 75.4 Å². The van der Waals surface area contributed by atoms with E-state index in [0.29, 0.717) is 50.0 Å². The number of fused-ring (bicyclic) bond motifs is 4. The van der Waals surface area contributed by atoms with Gasteiger partial charge in [0.2, 0.25) is 11.8 Å². The fourth-order valence-electron chi connectivity index (χ4n) is 10.0. The molecule has 0 bridgehead atoms. The summed E-state index contributed by atoms with van der Waals surface area (Å²) >= 11 is 12.6. The molecule has 8 rings (SSSR count). The SMILES string of the molecule is Cc1cc(C2C3=CCC4C(=O)N(c5cc([N+](=O)[O-])c(N(C)C)c([N+](=O)[O-])c5)C(=O)C4C3CC3C(=O)N(Nc4ncc(C(F)(F)F)cc4Cl)C(=O)C32c2ccc(Cl)cc2)cc(C)c1O. The fraction of sp³-hybridized carbons (Fsp3) is 0.310. The van der Waals surface area contributed by atoms with Crippen LogP contribution in [0.15, 0.2) is 72.4 Å². The van der Waals surface area contributed by atoms with Gasteiger partial charge in [-0.25, -0.2) is 9.88 Å². The second-order valence-corrected chi connectivity index (χ2v) is 17.0. The number of amides is 4. The van der Waals surface area contributed by atoms with E-state index in [9.17, 15) is 48.1 Å². The molecule has 2 N–H and O–H groups in total. The van der Waals surface area contributed by atoms with E-state index in [1.54, 1.807) is 44.2 Å². The number of aryl methyl sites for hydroxylation is 2. The average molecular weight is 909 g/mol. The second-order valence-electron chi connectivity index (χ2n) is 16.2. The van der Waals surface area contributed by atoms with Crippen molar-refractivity contribution in [2.45, 2.75) is 44.2 Å². The first-order valence-corrected chi connectivity index (χ1v) is 20.0. The lowest BCUT2D eigenvalue weighted by Gasteiger charge is -2.50.